The third-order valence-corrected chi connectivity index (χ3v) is 3.24. The van der Waals surface area contributed by atoms with Gasteiger partial charge in [0.05, 0.1) is 6.61 Å². The molecule has 0 aromatic carbocycles. The van der Waals surface area contributed by atoms with Crippen LogP contribution in [0.4, 0.5) is 4.39 Å². The Morgan fingerprint density at radius 1 is 1.68 bits per heavy atom. The highest BCUT2D eigenvalue weighted by Gasteiger charge is 2.55. The first-order valence-electron chi connectivity index (χ1n) is 5.69. The Kier molecular flexibility index (Phi) is 3.44. The highest BCUT2D eigenvalue weighted by molar-refractivity contribution is 5.92. The fraction of sp³-hybridized carbons (Fsp3) is 0.417. The fourth-order valence-electron chi connectivity index (χ4n) is 2.08. The van der Waals surface area contributed by atoms with Gasteiger partial charge < -0.3 is 25.6 Å². The third kappa shape index (κ3) is 2.05. The van der Waals surface area contributed by atoms with Crippen molar-refractivity contribution in [1.82, 2.24) is 4.90 Å². The van der Waals surface area contributed by atoms with E-state index in [1.54, 1.807) is 0 Å². The molecule has 0 aromatic heterocycles. The van der Waals surface area contributed by atoms with Crippen LogP contribution in [-0.2, 0) is 4.74 Å². The lowest BCUT2D eigenvalue weighted by molar-refractivity contribution is -0.105. The average Bonchev–Trinajstić information content (AvgIpc) is 2.64. The molecule has 0 radical (unpaired) electrons. The summed E-state index contributed by atoms with van der Waals surface area (Å²) in [7, 11) is 0. The van der Waals surface area contributed by atoms with Gasteiger partial charge in [-0.05, 0) is 6.08 Å². The van der Waals surface area contributed by atoms with Crippen LogP contribution in [0.1, 0.15) is 0 Å². The second kappa shape index (κ2) is 4.76. The zero-order valence-corrected chi connectivity index (χ0v) is 10.2. The molecule has 0 saturated carbocycles. The number of hydrogen-bond donors (Lipinski definition) is 3. The van der Waals surface area contributed by atoms with Crippen LogP contribution in [0.25, 0.3) is 0 Å². The summed E-state index contributed by atoms with van der Waals surface area (Å²) in [5.74, 6) is 0.435. The summed E-state index contributed by atoms with van der Waals surface area (Å²) in [6.07, 6.45) is -0.306. The Balaban J connectivity index is 2.26. The Bertz CT molecular complexity index is 465. The summed E-state index contributed by atoms with van der Waals surface area (Å²) < 4.78 is 19.6. The number of ether oxygens (including phenoxy) is 1. The molecule has 4 N–H and O–H groups in total. The summed E-state index contributed by atoms with van der Waals surface area (Å²) >= 11 is 0. The predicted octanol–water partition coefficient (Wildman–Crippen LogP) is -0.384. The van der Waals surface area contributed by atoms with Crippen LogP contribution in [-0.4, -0.2) is 51.7 Å². The molecule has 0 bridgehead atoms. The number of nitrogens with zero attached hydrogens (tertiary/aromatic N) is 2. The molecular weight excluding hydrogens is 253 g/mol. The van der Waals surface area contributed by atoms with Crippen LogP contribution in [0.5, 0.6) is 0 Å². The van der Waals surface area contributed by atoms with Gasteiger partial charge in [-0.1, -0.05) is 12.7 Å². The molecule has 7 heteroatoms. The quantitative estimate of drug-likeness (QED) is 0.607. The van der Waals surface area contributed by atoms with Crippen molar-refractivity contribution in [1.29, 1.82) is 0 Å². The Hall–Kier alpha value is -1.70. The van der Waals surface area contributed by atoms with Gasteiger partial charge >= 0.3 is 0 Å². The van der Waals surface area contributed by atoms with Crippen LogP contribution in [0.2, 0.25) is 0 Å². The number of rotatable bonds is 3. The van der Waals surface area contributed by atoms with Crippen molar-refractivity contribution >= 4 is 5.84 Å². The molecule has 2 aliphatic rings. The minimum absolute atomic E-state index is 0.192. The van der Waals surface area contributed by atoms with Crippen molar-refractivity contribution in [3.05, 3.63) is 37.3 Å². The Labute approximate surface area is 110 Å². The fourth-order valence-corrected chi connectivity index (χ4v) is 2.08. The summed E-state index contributed by atoms with van der Waals surface area (Å²) in [4.78, 5) is 5.20. The monoisotopic (exact) mass is 269 g/mol. The minimum Gasteiger partial charge on any atom is -0.393 e. The zero-order chi connectivity index (χ0) is 14.2. The summed E-state index contributed by atoms with van der Waals surface area (Å²) in [5.41, 5.74) is 3.95. The number of alkyl halides is 1. The van der Waals surface area contributed by atoms with E-state index in [9.17, 15) is 14.6 Å². The first kappa shape index (κ1) is 13.7. The SMILES string of the molecule is C=C[C@]1(CO)O[C@@H](N2C=CC(N)=NC2=C)[C@H](F)[C@@H]1O. The van der Waals surface area contributed by atoms with Gasteiger partial charge in [0.25, 0.3) is 0 Å². The second-order valence-corrected chi connectivity index (χ2v) is 4.39. The Morgan fingerprint density at radius 2 is 2.37 bits per heavy atom. The van der Waals surface area contributed by atoms with Crippen molar-refractivity contribution in [3.63, 3.8) is 0 Å². The number of aliphatic hydroxyl groups excluding tert-OH is 2. The molecule has 0 aliphatic carbocycles. The van der Waals surface area contributed by atoms with Gasteiger partial charge in [-0.3, -0.25) is 0 Å². The summed E-state index contributed by atoms with van der Waals surface area (Å²) in [6, 6.07) is 0. The van der Waals surface area contributed by atoms with E-state index in [1.165, 1.54) is 23.3 Å². The first-order valence-corrected chi connectivity index (χ1v) is 5.69. The number of nitrogens with two attached hydrogens (primary N) is 1. The maximum absolute atomic E-state index is 14.2. The average molecular weight is 269 g/mol. The number of halogens is 1. The van der Waals surface area contributed by atoms with Crippen LogP contribution in [0, 0.1) is 0 Å². The number of hydrogen-bond acceptors (Lipinski definition) is 6. The number of amidine groups is 1. The van der Waals surface area contributed by atoms with Gasteiger partial charge in [-0.25, -0.2) is 9.38 Å². The molecule has 0 amide bonds. The van der Waals surface area contributed by atoms with E-state index in [2.05, 4.69) is 18.2 Å². The van der Waals surface area contributed by atoms with Crippen molar-refractivity contribution in [2.45, 2.75) is 24.1 Å². The highest BCUT2D eigenvalue weighted by atomic mass is 19.1. The zero-order valence-electron chi connectivity index (χ0n) is 10.2. The molecule has 2 rings (SSSR count). The first-order chi connectivity index (χ1) is 8.95. The minimum atomic E-state index is -1.75. The molecule has 0 unspecified atom stereocenters. The molecule has 2 heterocycles. The molecule has 4 atom stereocenters. The van der Waals surface area contributed by atoms with E-state index in [1.807, 2.05) is 0 Å². The van der Waals surface area contributed by atoms with Gasteiger partial charge in [0, 0.05) is 6.20 Å². The van der Waals surface area contributed by atoms with Crippen LogP contribution in [0.15, 0.2) is 42.3 Å². The lowest BCUT2D eigenvalue weighted by Crippen LogP contribution is -2.43. The van der Waals surface area contributed by atoms with E-state index in [4.69, 9.17) is 10.5 Å². The highest BCUT2D eigenvalue weighted by Crippen LogP contribution is 2.37. The van der Waals surface area contributed by atoms with Crippen LogP contribution < -0.4 is 5.73 Å². The number of aliphatic imine (C=N–C) groups is 1. The standard InChI is InChI=1S/C12H16FN3O3/c1-3-12(6-17)10(18)9(13)11(19-12)16-5-4-8(14)15-7(16)2/h3-5,9-11,17-18H,1-2,6H2,(H2,14,15)/t9-,10+,11-,12-/m1/s1. The molecule has 2 aliphatic heterocycles. The van der Waals surface area contributed by atoms with Gasteiger partial charge in [-0.2, -0.15) is 0 Å². The molecule has 1 fully saturated rings. The normalized spacial score (nSPS) is 38.5. The van der Waals surface area contributed by atoms with Crippen molar-refractivity contribution in [2.75, 3.05) is 6.61 Å². The molecular formula is C12H16FN3O3. The largest absolute Gasteiger partial charge is 0.393 e. The van der Waals surface area contributed by atoms with E-state index in [-0.39, 0.29) is 11.7 Å². The van der Waals surface area contributed by atoms with Gasteiger partial charge in [-0.15, -0.1) is 6.58 Å². The topological polar surface area (TPSA) is 91.3 Å². The van der Waals surface area contributed by atoms with E-state index in [0.29, 0.717) is 0 Å². The molecule has 19 heavy (non-hydrogen) atoms. The lowest BCUT2D eigenvalue weighted by atomic mass is 9.97. The molecule has 1 saturated heterocycles. The van der Waals surface area contributed by atoms with Gasteiger partial charge in [0.15, 0.2) is 12.4 Å². The molecule has 6 nitrogen and oxygen atoms in total. The maximum Gasteiger partial charge on any atom is 0.174 e. The van der Waals surface area contributed by atoms with Gasteiger partial charge in [0.1, 0.15) is 23.4 Å². The lowest BCUT2D eigenvalue weighted by Gasteiger charge is -2.31. The second-order valence-electron chi connectivity index (χ2n) is 4.39. The van der Waals surface area contributed by atoms with Crippen LogP contribution in [0.3, 0.4) is 0 Å². The van der Waals surface area contributed by atoms with Crippen LogP contribution >= 0.6 is 0 Å². The number of aliphatic hydroxyl groups is 2. The molecule has 0 aromatic rings. The van der Waals surface area contributed by atoms with Gasteiger partial charge in [0.2, 0.25) is 0 Å². The predicted molar refractivity (Wildman–Crippen MR) is 67.5 cm³/mol. The van der Waals surface area contributed by atoms with E-state index >= 15 is 0 Å². The summed E-state index contributed by atoms with van der Waals surface area (Å²) in [5, 5.41) is 19.2. The van der Waals surface area contributed by atoms with Crippen molar-refractivity contribution in [2.24, 2.45) is 10.7 Å². The van der Waals surface area contributed by atoms with E-state index < -0.39 is 30.7 Å². The molecule has 0 spiro atoms. The smallest absolute Gasteiger partial charge is 0.174 e. The van der Waals surface area contributed by atoms with E-state index in [0.717, 1.165) is 0 Å². The van der Waals surface area contributed by atoms with Crippen molar-refractivity contribution < 1.29 is 19.3 Å². The van der Waals surface area contributed by atoms with Crippen molar-refractivity contribution in [3.8, 4) is 0 Å². The third-order valence-electron chi connectivity index (χ3n) is 3.24. The Morgan fingerprint density at radius 3 is 2.84 bits per heavy atom. The molecule has 104 valence electrons. The summed E-state index contributed by atoms with van der Waals surface area (Å²) in [6.45, 7) is 6.52. The maximum atomic E-state index is 14.2.